The lowest BCUT2D eigenvalue weighted by molar-refractivity contribution is -0.150. The quantitative estimate of drug-likeness (QED) is 0.436. The fraction of sp³-hybridized carbons (Fsp3) is 0.500. The molecular formula is C20H27NO3S. The van der Waals surface area contributed by atoms with Crippen molar-refractivity contribution >= 4 is 23.0 Å². The predicted octanol–water partition coefficient (Wildman–Crippen LogP) is 4.03. The molecule has 1 fully saturated rings. The molecule has 2 rings (SSSR count). The van der Waals surface area contributed by atoms with E-state index >= 15 is 0 Å². The smallest absolute Gasteiger partial charge is 0.318 e. The summed E-state index contributed by atoms with van der Waals surface area (Å²) < 4.78 is 22.0. The van der Waals surface area contributed by atoms with Crippen LogP contribution in [0.2, 0.25) is 0 Å². The maximum atomic E-state index is 12.9. The number of hydrogen-bond acceptors (Lipinski definition) is 4. The first kappa shape index (κ1) is 19.7. The van der Waals surface area contributed by atoms with Gasteiger partial charge in [-0.25, -0.2) is 0 Å². The lowest BCUT2D eigenvalue weighted by Crippen LogP contribution is -2.40. The molecule has 0 aliphatic heterocycles. The summed E-state index contributed by atoms with van der Waals surface area (Å²) in [6.07, 6.45) is 4.27. The molecule has 1 aromatic carbocycles. The van der Waals surface area contributed by atoms with E-state index in [9.17, 15) is 9.35 Å². The average molecular weight is 362 g/mol. The SMILES string of the molecule is C=CCOC(=O)[C@]1(Cc2ccccc2)CCC/C1=N\[S+]([O-])C(C)(C)C. The van der Waals surface area contributed by atoms with Crippen molar-refractivity contribution in [3.63, 3.8) is 0 Å². The fourth-order valence-corrected chi connectivity index (χ4v) is 3.75. The van der Waals surface area contributed by atoms with Crippen molar-refractivity contribution < 1.29 is 14.1 Å². The van der Waals surface area contributed by atoms with Gasteiger partial charge in [0.1, 0.15) is 28.1 Å². The second-order valence-electron chi connectivity index (χ2n) is 7.38. The van der Waals surface area contributed by atoms with Gasteiger partial charge in [-0.1, -0.05) is 47.4 Å². The topological polar surface area (TPSA) is 61.7 Å². The molecule has 0 radical (unpaired) electrons. The number of nitrogens with zero attached hydrogens (tertiary/aromatic N) is 1. The number of carbonyl (C=O) groups excluding carboxylic acids is 1. The van der Waals surface area contributed by atoms with Gasteiger partial charge in [0, 0.05) is 0 Å². The summed E-state index contributed by atoms with van der Waals surface area (Å²) in [4.78, 5) is 12.9. The number of hydrogen-bond donors (Lipinski definition) is 0. The summed E-state index contributed by atoms with van der Waals surface area (Å²) in [7, 11) is 0. The summed E-state index contributed by atoms with van der Waals surface area (Å²) in [5.41, 5.74) is 0.929. The molecule has 4 nitrogen and oxygen atoms in total. The third-order valence-corrected chi connectivity index (χ3v) is 5.79. The summed E-state index contributed by atoms with van der Waals surface area (Å²) in [6, 6.07) is 9.86. The standard InChI is InChI=1S/C20H27NO3S/c1-5-14-24-18(22)20(15-16-10-7-6-8-11-16)13-9-12-17(20)21-25(23)19(2,3)4/h5-8,10-11H,1,9,12-15H2,2-4H3/b21-17+/t20-,25?/m0/s1. The van der Waals surface area contributed by atoms with E-state index in [0.29, 0.717) is 25.0 Å². The number of esters is 1. The normalized spacial score (nSPS) is 23.4. The Morgan fingerprint density at radius 3 is 2.68 bits per heavy atom. The lowest BCUT2D eigenvalue weighted by atomic mass is 9.78. The summed E-state index contributed by atoms with van der Waals surface area (Å²) in [5, 5.41) is 0. The Morgan fingerprint density at radius 1 is 1.40 bits per heavy atom. The van der Waals surface area contributed by atoms with Crippen LogP contribution in [0.1, 0.15) is 45.6 Å². The zero-order chi connectivity index (χ0) is 18.5. The summed E-state index contributed by atoms with van der Waals surface area (Å²) in [6.45, 7) is 9.44. The van der Waals surface area contributed by atoms with Crippen LogP contribution in [0.3, 0.4) is 0 Å². The number of rotatable bonds is 6. The highest BCUT2D eigenvalue weighted by molar-refractivity contribution is 7.91. The monoisotopic (exact) mass is 361 g/mol. The summed E-state index contributed by atoms with van der Waals surface area (Å²) >= 11 is -1.39. The van der Waals surface area contributed by atoms with Gasteiger partial charge in [-0.05, 0) is 52.0 Å². The molecule has 5 heteroatoms. The van der Waals surface area contributed by atoms with Gasteiger partial charge in [-0.2, -0.15) is 0 Å². The van der Waals surface area contributed by atoms with Gasteiger partial charge in [0.15, 0.2) is 0 Å². The molecule has 0 heterocycles. The van der Waals surface area contributed by atoms with E-state index in [2.05, 4.69) is 11.0 Å². The van der Waals surface area contributed by atoms with E-state index in [1.807, 2.05) is 51.1 Å². The summed E-state index contributed by atoms with van der Waals surface area (Å²) in [5.74, 6) is -0.293. The molecule has 0 aromatic heterocycles. The van der Waals surface area contributed by atoms with Crippen LogP contribution >= 0.6 is 0 Å². The Kier molecular flexibility index (Phi) is 6.47. The molecule has 0 amide bonds. The Morgan fingerprint density at radius 2 is 2.08 bits per heavy atom. The molecule has 1 aliphatic carbocycles. The third-order valence-electron chi connectivity index (χ3n) is 4.36. The molecule has 0 N–H and O–H groups in total. The number of benzene rings is 1. The van der Waals surface area contributed by atoms with Crippen LogP contribution in [0.25, 0.3) is 0 Å². The lowest BCUT2D eigenvalue weighted by Gasteiger charge is -2.28. The minimum atomic E-state index is -1.39. The van der Waals surface area contributed by atoms with Gasteiger partial charge in [0.25, 0.3) is 0 Å². The van der Waals surface area contributed by atoms with Gasteiger partial charge in [0.2, 0.25) is 0 Å². The molecule has 136 valence electrons. The highest BCUT2D eigenvalue weighted by atomic mass is 32.2. The first-order valence-electron chi connectivity index (χ1n) is 8.62. The van der Waals surface area contributed by atoms with Crippen LogP contribution in [-0.4, -0.2) is 27.6 Å². The highest BCUT2D eigenvalue weighted by Crippen LogP contribution is 2.41. The van der Waals surface area contributed by atoms with Crippen LogP contribution in [-0.2, 0) is 27.3 Å². The first-order chi connectivity index (χ1) is 11.8. The average Bonchev–Trinajstić information content (AvgIpc) is 2.96. The van der Waals surface area contributed by atoms with E-state index in [4.69, 9.17) is 4.74 Å². The van der Waals surface area contributed by atoms with E-state index in [-0.39, 0.29) is 12.6 Å². The zero-order valence-corrected chi connectivity index (χ0v) is 16.1. The van der Waals surface area contributed by atoms with Gasteiger partial charge >= 0.3 is 5.97 Å². The van der Waals surface area contributed by atoms with E-state index < -0.39 is 21.5 Å². The number of ether oxygens (including phenoxy) is 1. The fourth-order valence-electron chi connectivity index (χ4n) is 3.01. The van der Waals surface area contributed by atoms with Crippen LogP contribution in [0.4, 0.5) is 0 Å². The van der Waals surface area contributed by atoms with Gasteiger partial charge in [-0.15, -0.1) is 0 Å². The van der Waals surface area contributed by atoms with Crippen molar-refractivity contribution in [2.75, 3.05) is 6.61 Å². The minimum Gasteiger partial charge on any atom is -0.591 e. The Labute approximate surface area is 153 Å². The van der Waals surface area contributed by atoms with Crippen LogP contribution in [0.15, 0.2) is 47.4 Å². The molecule has 1 saturated carbocycles. The second kappa shape index (κ2) is 8.19. The molecule has 0 saturated heterocycles. The van der Waals surface area contributed by atoms with Crippen molar-refractivity contribution in [1.82, 2.24) is 0 Å². The number of carbonyl (C=O) groups is 1. The Hall–Kier alpha value is -1.59. The minimum absolute atomic E-state index is 0.172. The van der Waals surface area contributed by atoms with E-state index in [0.717, 1.165) is 12.0 Å². The Bertz CT molecular complexity index is 636. The molecular weight excluding hydrogens is 334 g/mol. The van der Waals surface area contributed by atoms with Crippen molar-refractivity contribution in [3.8, 4) is 0 Å². The molecule has 1 aromatic rings. The second-order valence-corrected chi connectivity index (χ2v) is 9.29. The van der Waals surface area contributed by atoms with Crippen molar-refractivity contribution in [3.05, 3.63) is 48.6 Å². The van der Waals surface area contributed by atoms with E-state index in [1.165, 1.54) is 0 Å². The van der Waals surface area contributed by atoms with Crippen molar-refractivity contribution in [2.45, 2.75) is 51.2 Å². The molecule has 25 heavy (non-hydrogen) atoms. The van der Waals surface area contributed by atoms with Crippen LogP contribution in [0, 0.1) is 5.41 Å². The predicted molar refractivity (Wildman–Crippen MR) is 103 cm³/mol. The maximum absolute atomic E-state index is 12.9. The molecule has 1 unspecified atom stereocenters. The molecule has 2 atom stereocenters. The molecule has 0 bridgehead atoms. The largest absolute Gasteiger partial charge is 0.591 e. The highest BCUT2D eigenvalue weighted by Gasteiger charge is 2.50. The van der Waals surface area contributed by atoms with Crippen LogP contribution < -0.4 is 0 Å². The van der Waals surface area contributed by atoms with E-state index in [1.54, 1.807) is 6.08 Å². The molecule has 1 aliphatic rings. The first-order valence-corrected chi connectivity index (χ1v) is 9.72. The van der Waals surface area contributed by atoms with Crippen molar-refractivity contribution in [2.24, 2.45) is 9.81 Å². The van der Waals surface area contributed by atoms with Crippen molar-refractivity contribution in [1.29, 1.82) is 0 Å². The third kappa shape index (κ3) is 4.73. The van der Waals surface area contributed by atoms with Gasteiger partial charge in [-0.3, -0.25) is 4.79 Å². The molecule has 0 spiro atoms. The maximum Gasteiger partial charge on any atom is 0.318 e. The zero-order valence-electron chi connectivity index (χ0n) is 15.3. The van der Waals surface area contributed by atoms with Crippen LogP contribution in [0.5, 0.6) is 0 Å². The Balaban J connectivity index is 2.40. The van der Waals surface area contributed by atoms with Gasteiger partial charge in [0.05, 0.1) is 5.71 Å². The van der Waals surface area contributed by atoms with Gasteiger partial charge < -0.3 is 9.29 Å².